The van der Waals surface area contributed by atoms with Crippen LogP contribution in [0.15, 0.2) is 51.7 Å². The predicted molar refractivity (Wildman–Crippen MR) is 108 cm³/mol. The standard InChI is InChI=1S/C20H20N4O5/c25-19(21-14-4-6-15(7-5-14)22-10-2-1-3-11-22)13-23-17-9-8-16(24(27)28)12-18(17)29-20(23)26/h4-9,12H,1-3,10-11,13H2,(H,21,25). The normalized spacial score (nSPS) is 14.1. The number of benzene rings is 2. The number of carbonyl (C=O) groups is 1. The molecule has 0 saturated carbocycles. The number of fused-ring (bicyclic) bond motifs is 1. The van der Waals surface area contributed by atoms with Crippen molar-refractivity contribution in [1.82, 2.24) is 4.57 Å². The van der Waals surface area contributed by atoms with Crippen LogP contribution in [0.4, 0.5) is 17.1 Å². The van der Waals surface area contributed by atoms with E-state index in [1.165, 1.54) is 37.5 Å². The Labute approximate surface area is 165 Å². The van der Waals surface area contributed by atoms with Crippen LogP contribution in [0, 0.1) is 10.1 Å². The number of oxazole rings is 1. The molecule has 0 radical (unpaired) electrons. The van der Waals surface area contributed by atoms with Crippen molar-refractivity contribution >= 4 is 34.1 Å². The molecule has 4 rings (SSSR count). The monoisotopic (exact) mass is 396 g/mol. The molecule has 29 heavy (non-hydrogen) atoms. The average molecular weight is 396 g/mol. The molecule has 1 aromatic heterocycles. The molecule has 2 heterocycles. The summed E-state index contributed by atoms with van der Waals surface area (Å²) < 4.78 is 6.19. The van der Waals surface area contributed by atoms with Crippen LogP contribution in [0.2, 0.25) is 0 Å². The Hall–Kier alpha value is -3.62. The Kier molecular flexibility index (Phi) is 5.03. The van der Waals surface area contributed by atoms with E-state index in [2.05, 4.69) is 10.2 Å². The van der Waals surface area contributed by atoms with Gasteiger partial charge in [-0.3, -0.25) is 19.5 Å². The molecule has 2 aromatic carbocycles. The number of nitrogens with one attached hydrogen (secondary N) is 1. The Balaban J connectivity index is 1.46. The fourth-order valence-corrected chi connectivity index (χ4v) is 3.57. The van der Waals surface area contributed by atoms with E-state index in [0.717, 1.165) is 23.3 Å². The summed E-state index contributed by atoms with van der Waals surface area (Å²) in [6.45, 7) is 1.83. The van der Waals surface area contributed by atoms with Crippen LogP contribution in [-0.2, 0) is 11.3 Å². The second kappa shape index (κ2) is 7.78. The lowest BCUT2D eigenvalue weighted by atomic mass is 10.1. The quantitative estimate of drug-likeness (QED) is 0.524. The first-order valence-corrected chi connectivity index (χ1v) is 9.44. The Morgan fingerprint density at radius 1 is 1.10 bits per heavy atom. The van der Waals surface area contributed by atoms with Crippen LogP contribution in [0.1, 0.15) is 19.3 Å². The second-order valence-electron chi connectivity index (χ2n) is 7.01. The van der Waals surface area contributed by atoms with Gasteiger partial charge in [0.05, 0.1) is 16.5 Å². The molecule has 3 aromatic rings. The zero-order valence-corrected chi connectivity index (χ0v) is 15.7. The van der Waals surface area contributed by atoms with Crippen molar-refractivity contribution in [2.24, 2.45) is 0 Å². The summed E-state index contributed by atoms with van der Waals surface area (Å²) in [5.41, 5.74) is 1.98. The first-order chi connectivity index (χ1) is 14.0. The van der Waals surface area contributed by atoms with Crippen molar-refractivity contribution in [3.63, 3.8) is 0 Å². The summed E-state index contributed by atoms with van der Waals surface area (Å²) >= 11 is 0. The van der Waals surface area contributed by atoms with Crippen LogP contribution in [-0.4, -0.2) is 28.5 Å². The molecule has 0 aliphatic carbocycles. The molecule has 0 spiro atoms. The lowest BCUT2D eigenvalue weighted by Crippen LogP contribution is -2.29. The van der Waals surface area contributed by atoms with E-state index >= 15 is 0 Å². The molecule has 1 aliphatic heterocycles. The number of amides is 1. The van der Waals surface area contributed by atoms with Crippen LogP contribution in [0.25, 0.3) is 11.1 Å². The summed E-state index contributed by atoms with van der Waals surface area (Å²) in [4.78, 5) is 37.1. The van der Waals surface area contributed by atoms with Gasteiger partial charge in [-0.2, -0.15) is 0 Å². The Morgan fingerprint density at radius 3 is 2.52 bits per heavy atom. The number of rotatable bonds is 5. The highest BCUT2D eigenvalue weighted by molar-refractivity contribution is 5.91. The molecule has 1 fully saturated rings. The van der Waals surface area contributed by atoms with Gasteiger partial charge in [0, 0.05) is 30.5 Å². The van der Waals surface area contributed by atoms with Crippen LogP contribution < -0.4 is 16.0 Å². The summed E-state index contributed by atoms with van der Waals surface area (Å²) in [5, 5.41) is 13.6. The average Bonchev–Trinajstić information content (AvgIpc) is 3.03. The highest BCUT2D eigenvalue weighted by Gasteiger charge is 2.16. The predicted octanol–water partition coefficient (Wildman–Crippen LogP) is 3.13. The number of hydrogen-bond donors (Lipinski definition) is 1. The van der Waals surface area contributed by atoms with Gasteiger partial charge in [0.2, 0.25) is 5.91 Å². The molecular formula is C20H20N4O5. The number of non-ortho nitro benzene ring substituents is 1. The summed E-state index contributed by atoms with van der Waals surface area (Å²) in [7, 11) is 0. The molecule has 150 valence electrons. The van der Waals surface area contributed by atoms with Gasteiger partial charge in [-0.1, -0.05) is 0 Å². The van der Waals surface area contributed by atoms with Crippen molar-refractivity contribution in [2.45, 2.75) is 25.8 Å². The molecule has 0 atom stereocenters. The van der Waals surface area contributed by atoms with Crippen molar-refractivity contribution in [2.75, 3.05) is 23.3 Å². The Bertz CT molecular complexity index is 1110. The minimum atomic E-state index is -0.740. The number of nitro groups is 1. The lowest BCUT2D eigenvalue weighted by molar-refractivity contribution is -0.384. The number of piperidine rings is 1. The van der Waals surface area contributed by atoms with Crippen molar-refractivity contribution in [1.29, 1.82) is 0 Å². The fourth-order valence-electron chi connectivity index (χ4n) is 3.57. The van der Waals surface area contributed by atoms with Crippen molar-refractivity contribution < 1.29 is 14.1 Å². The smallest absolute Gasteiger partial charge is 0.407 e. The van der Waals surface area contributed by atoms with Crippen molar-refractivity contribution in [3.05, 3.63) is 63.1 Å². The third-order valence-electron chi connectivity index (χ3n) is 5.04. The zero-order chi connectivity index (χ0) is 20.4. The van der Waals surface area contributed by atoms with E-state index in [1.54, 1.807) is 0 Å². The van der Waals surface area contributed by atoms with Gasteiger partial charge in [-0.25, -0.2) is 4.79 Å². The first kappa shape index (κ1) is 18.7. The van der Waals surface area contributed by atoms with E-state index in [9.17, 15) is 19.7 Å². The maximum atomic E-state index is 12.4. The Morgan fingerprint density at radius 2 is 1.83 bits per heavy atom. The molecular weight excluding hydrogens is 376 g/mol. The highest BCUT2D eigenvalue weighted by atomic mass is 16.6. The number of carbonyl (C=O) groups excluding carboxylic acids is 1. The second-order valence-corrected chi connectivity index (χ2v) is 7.01. The van der Waals surface area contributed by atoms with Crippen LogP contribution in [0.3, 0.4) is 0 Å². The lowest BCUT2D eigenvalue weighted by Gasteiger charge is -2.28. The van der Waals surface area contributed by atoms with Gasteiger partial charge in [-0.05, 0) is 49.6 Å². The summed E-state index contributed by atoms with van der Waals surface area (Å²) in [6, 6.07) is 11.5. The molecule has 1 aliphatic rings. The van der Waals surface area contributed by atoms with E-state index in [1.807, 2.05) is 24.3 Å². The number of nitro benzene ring substituents is 1. The van der Waals surface area contributed by atoms with Gasteiger partial charge in [0.15, 0.2) is 5.58 Å². The highest BCUT2D eigenvalue weighted by Crippen LogP contribution is 2.22. The van der Waals surface area contributed by atoms with Crippen LogP contribution in [0.5, 0.6) is 0 Å². The molecule has 0 unspecified atom stereocenters. The number of aromatic nitrogens is 1. The van der Waals surface area contributed by atoms with E-state index < -0.39 is 10.7 Å². The third kappa shape index (κ3) is 3.98. The SMILES string of the molecule is O=C(Cn1c(=O)oc2cc([N+](=O)[O-])ccc21)Nc1ccc(N2CCCCC2)cc1. The molecule has 9 nitrogen and oxygen atoms in total. The summed E-state index contributed by atoms with van der Waals surface area (Å²) in [5.74, 6) is -1.13. The summed E-state index contributed by atoms with van der Waals surface area (Å²) in [6.07, 6.45) is 3.64. The molecule has 1 N–H and O–H groups in total. The largest absolute Gasteiger partial charge is 0.420 e. The topological polar surface area (TPSA) is 111 Å². The van der Waals surface area contributed by atoms with Gasteiger partial charge in [-0.15, -0.1) is 0 Å². The van der Waals surface area contributed by atoms with Gasteiger partial charge >= 0.3 is 5.76 Å². The zero-order valence-electron chi connectivity index (χ0n) is 15.7. The molecule has 1 saturated heterocycles. The van der Waals surface area contributed by atoms with Gasteiger partial charge in [0.25, 0.3) is 5.69 Å². The molecule has 1 amide bonds. The minimum absolute atomic E-state index is 0.0721. The third-order valence-corrected chi connectivity index (χ3v) is 5.04. The minimum Gasteiger partial charge on any atom is -0.407 e. The molecule has 0 bridgehead atoms. The van der Waals surface area contributed by atoms with E-state index in [4.69, 9.17) is 4.42 Å². The first-order valence-electron chi connectivity index (χ1n) is 9.44. The van der Waals surface area contributed by atoms with Crippen LogP contribution >= 0.6 is 0 Å². The maximum Gasteiger partial charge on any atom is 0.420 e. The van der Waals surface area contributed by atoms with Gasteiger partial charge in [0.1, 0.15) is 6.54 Å². The van der Waals surface area contributed by atoms with E-state index in [-0.39, 0.29) is 23.7 Å². The number of anilines is 2. The van der Waals surface area contributed by atoms with Crippen molar-refractivity contribution in [3.8, 4) is 0 Å². The fraction of sp³-hybridized carbons (Fsp3) is 0.300. The number of hydrogen-bond acceptors (Lipinski definition) is 6. The van der Waals surface area contributed by atoms with E-state index in [0.29, 0.717) is 11.2 Å². The number of nitrogens with zero attached hydrogens (tertiary/aromatic N) is 3. The van der Waals surface area contributed by atoms with Gasteiger partial charge < -0.3 is 14.6 Å². The molecule has 9 heteroatoms. The maximum absolute atomic E-state index is 12.4.